The molecule has 2 aliphatic carbocycles. The highest BCUT2D eigenvalue weighted by molar-refractivity contribution is 7.89. The first-order chi connectivity index (χ1) is 19.5. The summed E-state index contributed by atoms with van der Waals surface area (Å²) in [5, 5.41) is 0. The highest BCUT2D eigenvalue weighted by atomic mass is 32.2. The molecular formula is C36H33NO2S. The van der Waals surface area contributed by atoms with E-state index in [1.165, 1.54) is 12.0 Å². The number of rotatable bonds is 7. The van der Waals surface area contributed by atoms with E-state index in [0.29, 0.717) is 0 Å². The van der Waals surface area contributed by atoms with Crippen molar-refractivity contribution >= 4 is 21.7 Å². The third-order valence-corrected chi connectivity index (χ3v) is 9.24. The Morgan fingerprint density at radius 3 is 2.17 bits per heavy atom. The summed E-state index contributed by atoms with van der Waals surface area (Å²) < 4.78 is 30.9. The second-order valence-electron chi connectivity index (χ2n) is 10.6. The Morgan fingerprint density at radius 1 is 0.800 bits per heavy atom. The summed E-state index contributed by atoms with van der Waals surface area (Å²) in [7, 11) is -3.81. The smallest absolute Gasteiger partial charge is 0.207 e. The molecule has 4 aromatic rings. The maximum absolute atomic E-state index is 13.9. The summed E-state index contributed by atoms with van der Waals surface area (Å²) in [5.74, 6) is 0. The van der Waals surface area contributed by atoms with E-state index in [1.54, 1.807) is 12.1 Å². The van der Waals surface area contributed by atoms with Crippen LogP contribution in [-0.2, 0) is 10.0 Å². The number of aryl methyl sites for hydroxylation is 1. The molecule has 0 aliphatic heterocycles. The quantitative estimate of drug-likeness (QED) is 0.254. The van der Waals surface area contributed by atoms with E-state index in [0.717, 1.165) is 63.8 Å². The molecule has 0 radical (unpaired) electrons. The predicted octanol–water partition coefficient (Wildman–Crippen LogP) is 8.41. The lowest BCUT2D eigenvalue weighted by atomic mass is 9.84. The summed E-state index contributed by atoms with van der Waals surface area (Å²) in [5.41, 5.74) is 9.73. The Balaban J connectivity index is 1.61. The molecule has 40 heavy (non-hydrogen) atoms. The van der Waals surface area contributed by atoms with Crippen LogP contribution >= 0.6 is 0 Å². The largest absolute Gasteiger partial charge is 0.241 e. The van der Waals surface area contributed by atoms with E-state index < -0.39 is 16.1 Å². The first-order valence-electron chi connectivity index (χ1n) is 14.0. The van der Waals surface area contributed by atoms with Crippen LogP contribution in [0.5, 0.6) is 0 Å². The molecule has 1 N–H and O–H groups in total. The number of sulfonamides is 1. The van der Waals surface area contributed by atoms with E-state index in [4.69, 9.17) is 0 Å². The molecule has 0 bridgehead atoms. The van der Waals surface area contributed by atoms with Crippen molar-refractivity contribution in [2.75, 3.05) is 0 Å². The van der Waals surface area contributed by atoms with Gasteiger partial charge in [0.2, 0.25) is 10.0 Å². The van der Waals surface area contributed by atoms with Gasteiger partial charge in [-0.25, -0.2) is 8.42 Å². The fraction of sp³-hybridized carbons (Fsp3) is 0.167. The number of allylic oxidation sites excluding steroid dienone is 2. The van der Waals surface area contributed by atoms with Crippen molar-refractivity contribution in [1.29, 1.82) is 0 Å². The zero-order chi connectivity index (χ0) is 27.5. The topological polar surface area (TPSA) is 46.2 Å². The molecule has 0 aromatic heterocycles. The van der Waals surface area contributed by atoms with Gasteiger partial charge in [0.05, 0.1) is 10.9 Å². The summed E-state index contributed by atoms with van der Waals surface area (Å²) in [6, 6.07) is 35.4. The molecule has 4 aromatic carbocycles. The Bertz CT molecular complexity index is 1710. The lowest BCUT2D eigenvalue weighted by Crippen LogP contribution is -2.29. The van der Waals surface area contributed by atoms with Crippen LogP contribution in [0.15, 0.2) is 137 Å². The monoisotopic (exact) mass is 543 g/mol. The number of nitrogens with one attached hydrogen (secondary N) is 1. The van der Waals surface area contributed by atoms with Crippen molar-refractivity contribution in [2.45, 2.75) is 43.5 Å². The molecule has 3 nitrogen and oxygen atoms in total. The Labute approximate surface area is 237 Å². The average molecular weight is 544 g/mol. The fourth-order valence-electron chi connectivity index (χ4n) is 5.83. The third kappa shape index (κ3) is 5.25. The van der Waals surface area contributed by atoms with E-state index in [1.807, 2.05) is 67.6 Å². The summed E-state index contributed by atoms with van der Waals surface area (Å²) in [6.07, 6.45) is 8.89. The molecule has 0 saturated heterocycles. The summed E-state index contributed by atoms with van der Waals surface area (Å²) >= 11 is 0. The van der Waals surface area contributed by atoms with Crippen molar-refractivity contribution < 1.29 is 8.42 Å². The van der Waals surface area contributed by atoms with Gasteiger partial charge in [0, 0.05) is 0 Å². The van der Waals surface area contributed by atoms with Gasteiger partial charge in [-0.05, 0) is 95.4 Å². The summed E-state index contributed by atoms with van der Waals surface area (Å²) in [6.45, 7) is 1.96. The maximum Gasteiger partial charge on any atom is 0.241 e. The average Bonchev–Trinajstić information content (AvgIpc) is 3.30. The van der Waals surface area contributed by atoms with Gasteiger partial charge >= 0.3 is 0 Å². The normalized spacial score (nSPS) is 17.5. The first-order valence-corrected chi connectivity index (χ1v) is 15.4. The molecule has 1 atom stereocenters. The minimum Gasteiger partial charge on any atom is -0.207 e. The summed E-state index contributed by atoms with van der Waals surface area (Å²) in [4.78, 5) is 0.272. The number of hydrogen-bond donors (Lipinski definition) is 1. The lowest BCUT2D eigenvalue weighted by molar-refractivity contribution is 0.572. The highest BCUT2D eigenvalue weighted by Crippen LogP contribution is 2.50. The van der Waals surface area contributed by atoms with Gasteiger partial charge in [-0.2, -0.15) is 4.72 Å². The SMILES string of the molecule is Cc1ccc(S(=O)(=O)NC2C(/C(=C/c3ccccc3)C3=CCCCC3)=C(c3ccccc3)c3ccccc32)cc1. The molecule has 0 spiro atoms. The van der Waals surface area contributed by atoms with E-state index in [2.05, 4.69) is 53.3 Å². The minimum atomic E-state index is -3.81. The lowest BCUT2D eigenvalue weighted by Gasteiger charge is -2.25. The van der Waals surface area contributed by atoms with Crippen LogP contribution in [0.25, 0.3) is 11.6 Å². The number of hydrogen-bond acceptors (Lipinski definition) is 2. The second-order valence-corrected chi connectivity index (χ2v) is 12.3. The minimum absolute atomic E-state index is 0.272. The number of fused-ring (bicyclic) bond motifs is 1. The Morgan fingerprint density at radius 2 is 1.48 bits per heavy atom. The highest BCUT2D eigenvalue weighted by Gasteiger charge is 2.37. The van der Waals surface area contributed by atoms with Gasteiger partial charge in [-0.1, -0.05) is 109 Å². The second kappa shape index (κ2) is 11.2. The third-order valence-electron chi connectivity index (χ3n) is 7.80. The van der Waals surface area contributed by atoms with Crippen molar-refractivity contribution in [1.82, 2.24) is 4.72 Å². The molecule has 6 rings (SSSR count). The molecule has 2 aliphatic rings. The van der Waals surface area contributed by atoms with Crippen LogP contribution in [0.1, 0.15) is 59.5 Å². The van der Waals surface area contributed by atoms with Crippen molar-refractivity contribution in [3.63, 3.8) is 0 Å². The molecule has 4 heteroatoms. The van der Waals surface area contributed by atoms with E-state index in [-0.39, 0.29) is 4.90 Å². The maximum atomic E-state index is 13.9. The molecule has 0 fully saturated rings. The Hall–Kier alpha value is -3.99. The van der Waals surface area contributed by atoms with Gasteiger partial charge in [-0.15, -0.1) is 0 Å². The van der Waals surface area contributed by atoms with Gasteiger partial charge in [-0.3, -0.25) is 0 Å². The van der Waals surface area contributed by atoms with Gasteiger partial charge < -0.3 is 0 Å². The van der Waals surface area contributed by atoms with Crippen LogP contribution in [0, 0.1) is 6.92 Å². The standard InChI is InChI=1S/C36H33NO2S/c1-26-21-23-30(24-22-26)40(38,39)37-36-32-20-12-11-19-31(32)34(29-17-9-4-10-18-29)35(36)33(28-15-7-3-8-16-28)25-27-13-5-2-6-14-27/h2,4-6,9-15,17-25,36-37H,3,7-8,16H2,1H3/b33-25+. The molecule has 0 amide bonds. The van der Waals surface area contributed by atoms with Crippen molar-refractivity contribution in [3.8, 4) is 0 Å². The van der Waals surface area contributed by atoms with Crippen molar-refractivity contribution in [2.24, 2.45) is 0 Å². The molecule has 200 valence electrons. The van der Waals surface area contributed by atoms with Gasteiger partial charge in [0.25, 0.3) is 0 Å². The molecule has 1 unspecified atom stereocenters. The van der Waals surface area contributed by atoms with Crippen LogP contribution < -0.4 is 4.72 Å². The number of benzene rings is 4. The molecule has 0 heterocycles. The van der Waals surface area contributed by atoms with Gasteiger partial charge in [0.15, 0.2) is 0 Å². The fourth-order valence-corrected chi connectivity index (χ4v) is 7.02. The van der Waals surface area contributed by atoms with Crippen LogP contribution in [0.2, 0.25) is 0 Å². The molecule has 0 saturated carbocycles. The van der Waals surface area contributed by atoms with Crippen LogP contribution in [-0.4, -0.2) is 8.42 Å². The van der Waals surface area contributed by atoms with E-state index >= 15 is 0 Å². The molecular weight excluding hydrogens is 510 g/mol. The van der Waals surface area contributed by atoms with Crippen molar-refractivity contribution in [3.05, 3.63) is 160 Å². The van der Waals surface area contributed by atoms with E-state index in [9.17, 15) is 8.42 Å². The zero-order valence-corrected chi connectivity index (χ0v) is 23.5. The Kier molecular flexibility index (Phi) is 7.38. The first kappa shape index (κ1) is 26.2. The predicted molar refractivity (Wildman–Crippen MR) is 164 cm³/mol. The van der Waals surface area contributed by atoms with Gasteiger partial charge in [0.1, 0.15) is 0 Å². The van der Waals surface area contributed by atoms with Crippen LogP contribution in [0.3, 0.4) is 0 Å². The van der Waals surface area contributed by atoms with Crippen LogP contribution in [0.4, 0.5) is 0 Å². The zero-order valence-electron chi connectivity index (χ0n) is 22.7.